The second kappa shape index (κ2) is 8.94. The number of carbonyl (C=O) groups is 1. The van der Waals surface area contributed by atoms with Gasteiger partial charge in [0.15, 0.2) is 24.0 Å². The Morgan fingerprint density at radius 3 is 2.53 bits per heavy atom. The summed E-state index contributed by atoms with van der Waals surface area (Å²) in [5.41, 5.74) is 0.642. The summed E-state index contributed by atoms with van der Waals surface area (Å²) in [5, 5.41) is 3.79. The third-order valence-corrected chi connectivity index (χ3v) is 4.92. The molecule has 0 radical (unpaired) electrons. The third kappa shape index (κ3) is 4.59. The lowest BCUT2D eigenvalue weighted by molar-refractivity contribution is -0.135. The predicted octanol–water partition coefficient (Wildman–Crippen LogP) is 3.63. The van der Waals surface area contributed by atoms with Gasteiger partial charge >= 0.3 is 0 Å². The van der Waals surface area contributed by atoms with Crippen LogP contribution < -0.4 is 9.47 Å². The van der Waals surface area contributed by atoms with E-state index in [0.717, 1.165) is 0 Å². The molecule has 3 aromatic rings. The van der Waals surface area contributed by atoms with Crippen molar-refractivity contribution in [2.45, 2.75) is 25.9 Å². The van der Waals surface area contributed by atoms with Crippen LogP contribution in [0.5, 0.6) is 11.5 Å². The Morgan fingerprint density at radius 2 is 1.83 bits per heavy atom. The summed E-state index contributed by atoms with van der Waals surface area (Å²) in [7, 11) is 0. The van der Waals surface area contributed by atoms with E-state index < -0.39 is 0 Å². The van der Waals surface area contributed by atoms with Crippen molar-refractivity contribution in [1.82, 2.24) is 15.0 Å². The highest BCUT2D eigenvalue weighted by Gasteiger charge is 2.25. The highest BCUT2D eigenvalue weighted by atomic mass is 19.1. The van der Waals surface area contributed by atoms with Crippen molar-refractivity contribution in [1.29, 1.82) is 0 Å². The number of aromatic nitrogens is 2. The highest BCUT2D eigenvalue weighted by Crippen LogP contribution is 2.28. The van der Waals surface area contributed by atoms with Gasteiger partial charge in [-0.15, -0.1) is 0 Å². The van der Waals surface area contributed by atoms with Crippen molar-refractivity contribution >= 4 is 5.91 Å². The number of rotatable bonds is 6. The molecule has 0 spiro atoms. The van der Waals surface area contributed by atoms with E-state index in [-0.39, 0.29) is 30.2 Å². The van der Waals surface area contributed by atoms with Gasteiger partial charge in [-0.25, -0.2) is 4.39 Å². The summed E-state index contributed by atoms with van der Waals surface area (Å²) >= 11 is 0. The number of hydrogen-bond donors (Lipinski definition) is 0. The van der Waals surface area contributed by atoms with Crippen LogP contribution in [0.25, 0.3) is 11.5 Å². The zero-order chi connectivity index (χ0) is 20.9. The standard InChI is InChI=1S/C22H22FN3O4/c1-15-24-22(30-25-15)17-6-2-4-8-19(17)28-14-21(27)26-12-10-16(11-13-26)29-20-9-5-3-7-18(20)23/h2-9,16H,10-14H2,1H3. The number of hydrogen-bond acceptors (Lipinski definition) is 6. The number of amides is 1. The smallest absolute Gasteiger partial charge is 0.261 e. The minimum Gasteiger partial charge on any atom is -0.487 e. The number of halogens is 1. The van der Waals surface area contributed by atoms with Crippen LogP contribution in [-0.2, 0) is 4.79 Å². The molecule has 8 heteroatoms. The fourth-order valence-electron chi connectivity index (χ4n) is 3.35. The number of nitrogens with zero attached hydrogens (tertiary/aromatic N) is 3. The molecule has 30 heavy (non-hydrogen) atoms. The average Bonchev–Trinajstić information content (AvgIpc) is 3.20. The fourth-order valence-corrected chi connectivity index (χ4v) is 3.35. The van der Waals surface area contributed by atoms with Crippen LogP contribution in [0, 0.1) is 12.7 Å². The van der Waals surface area contributed by atoms with E-state index in [1.54, 1.807) is 42.2 Å². The number of aryl methyl sites for hydroxylation is 1. The molecule has 2 heterocycles. The maximum Gasteiger partial charge on any atom is 0.261 e. The summed E-state index contributed by atoms with van der Waals surface area (Å²) in [6.07, 6.45) is 1.16. The Balaban J connectivity index is 1.30. The van der Waals surface area contributed by atoms with Crippen LogP contribution in [0.3, 0.4) is 0 Å². The van der Waals surface area contributed by atoms with Crippen molar-refractivity contribution in [2.24, 2.45) is 0 Å². The van der Waals surface area contributed by atoms with E-state index >= 15 is 0 Å². The van der Waals surface area contributed by atoms with E-state index in [2.05, 4.69) is 10.1 Å². The summed E-state index contributed by atoms with van der Waals surface area (Å²) in [4.78, 5) is 18.5. The van der Waals surface area contributed by atoms with Gasteiger partial charge in [0.2, 0.25) is 0 Å². The number of carbonyl (C=O) groups excluding carboxylic acids is 1. The Hall–Kier alpha value is -3.42. The molecule has 156 valence electrons. The molecule has 0 N–H and O–H groups in total. The minimum absolute atomic E-state index is 0.0943. The molecule has 7 nitrogen and oxygen atoms in total. The zero-order valence-corrected chi connectivity index (χ0v) is 16.6. The molecule has 0 atom stereocenters. The molecular formula is C22H22FN3O4. The normalized spacial score (nSPS) is 14.5. The van der Waals surface area contributed by atoms with Crippen LogP contribution in [0.4, 0.5) is 4.39 Å². The molecule has 1 saturated heterocycles. The van der Waals surface area contributed by atoms with Crippen molar-refractivity contribution in [3.05, 3.63) is 60.2 Å². The number of para-hydroxylation sites is 2. The van der Waals surface area contributed by atoms with Gasteiger partial charge in [0.05, 0.1) is 5.56 Å². The molecule has 1 aliphatic heterocycles. The first kappa shape index (κ1) is 19.9. The lowest BCUT2D eigenvalue weighted by Crippen LogP contribution is -2.43. The first-order chi connectivity index (χ1) is 14.6. The molecular weight excluding hydrogens is 389 g/mol. The molecule has 1 aliphatic rings. The molecule has 2 aromatic carbocycles. The quantitative estimate of drug-likeness (QED) is 0.616. The maximum absolute atomic E-state index is 13.7. The largest absolute Gasteiger partial charge is 0.487 e. The molecule has 0 saturated carbocycles. The van der Waals surface area contributed by atoms with Gasteiger partial charge in [0.25, 0.3) is 11.8 Å². The molecule has 4 rings (SSSR count). The second-order valence-electron chi connectivity index (χ2n) is 7.06. The molecule has 1 fully saturated rings. The Labute approximate surface area is 173 Å². The van der Waals surface area contributed by atoms with Gasteiger partial charge in [-0.3, -0.25) is 4.79 Å². The summed E-state index contributed by atoms with van der Waals surface area (Å²) in [6.45, 7) is 2.71. The minimum atomic E-state index is -0.375. The van der Waals surface area contributed by atoms with Crippen LogP contribution in [-0.4, -0.2) is 46.7 Å². The van der Waals surface area contributed by atoms with Crippen LogP contribution >= 0.6 is 0 Å². The van der Waals surface area contributed by atoms with E-state index in [1.807, 2.05) is 12.1 Å². The van der Waals surface area contributed by atoms with Gasteiger partial charge in [-0.2, -0.15) is 4.98 Å². The van der Waals surface area contributed by atoms with Crippen molar-refractivity contribution < 1.29 is 23.2 Å². The SMILES string of the molecule is Cc1noc(-c2ccccc2OCC(=O)N2CCC(Oc3ccccc3F)CC2)n1. The number of ether oxygens (including phenoxy) is 2. The first-order valence-corrected chi connectivity index (χ1v) is 9.81. The number of piperidine rings is 1. The van der Waals surface area contributed by atoms with Crippen LogP contribution in [0.15, 0.2) is 53.1 Å². The number of benzene rings is 2. The Kier molecular flexibility index (Phi) is 5.92. The van der Waals surface area contributed by atoms with Gasteiger partial charge in [0.1, 0.15) is 11.9 Å². The average molecular weight is 411 g/mol. The Morgan fingerprint density at radius 1 is 1.13 bits per heavy atom. The van der Waals surface area contributed by atoms with Crippen LogP contribution in [0.1, 0.15) is 18.7 Å². The third-order valence-electron chi connectivity index (χ3n) is 4.92. The molecule has 1 amide bonds. The summed E-state index contributed by atoms with van der Waals surface area (Å²) in [6, 6.07) is 13.6. The van der Waals surface area contributed by atoms with Crippen molar-refractivity contribution in [3.8, 4) is 23.0 Å². The van der Waals surface area contributed by atoms with E-state index in [9.17, 15) is 9.18 Å². The Bertz CT molecular complexity index is 1010. The second-order valence-corrected chi connectivity index (χ2v) is 7.06. The number of likely N-dealkylation sites (tertiary alicyclic amines) is 1. The van der Waals surface area contributed by atoms with Gasteiger partial charge in [0, 0.05) is 25.9 Å². The lowest BCUT2D eigenvalue weighted by atomic mass is 10.1. The maximum atomic E-state index is 13.7. The molecule has 1 aromatic heterocycles. The van der Waals surface area contributed by atoms with E-state index in [4.69, 9.17) is 14.0 Å². The van der Waals surface area contributed by atoms with E-state index in [1.165, 1.54) is 6.07 Å². The fraction of sp³-hybridized carbons (Fsp3) is 0.318. The van der Waals surface area contributed by atoms with Gasteiger partial charge in [-0.05, 0) is 31.2 Å². The topological polar surface area (TPSA) is 77.7 Å². The first-order valence-electron chi connectivity index (χ1n) is 9.81. The lowest BCUT2D eigenvalue weighted by Gasteiger charge is -2.32. The van der Waals surface area contributed by atoms with Crippen molar-refractivity contribution in [3.63, 3.8) is 0 Å². The highest BCUT2D eigenvalue weighted by molar-refractivity contribution is 5.78. The van der Waals surface area contributed by atoms with Gasteiger partial charge < -0.3 is 18.9 Å². The zero-order valence-electron chi connectivity index (χ0n) is 16.6. The van der Waals surface area contributed by atoms with E-state index in [0.29, 0.717) is 49.0 Å². The summed E-state index contributed by atoms with van der Waals surface area (Å²) in [5.74, 6) is 1.14. The summed E-state index contributed by atoms with van der Waals surface area (Å²) < 4.78 is 30.4. The monoisotopic (exact) mass is 411 g/mol. The molecule has 0 aliphatic carbocycles. The van der Waals surface area contributed by atoms with Gasteiger partial charge in [-0.1, -0.05) is 29.4 Å². The molecule has 0 unspecified atom stereocenters. The predicted molar refractivity (Wildman–Crippen MR) is 107 cm³/mol. The van der Waals surface area contributed by atoms with Crippen molar-refractivity contribution in [2.75, 3.05) is 19.7 Å². The molecule has 0 bridgehead atoms. The van der Waals surface area contributed by atoms with Crippen LogP contribution in [0.2, 0.25) is 0 Å².